The van der Waals surface area contributed by atoms with Crippen molar-refractivity contribution < 1.29 is 4.79 Å². The Morgan fingerprint density at radius 1 is 1.45 bits per heavy atom. The van der Waals surface area contributed by atoms with Crippen LogP contribution in [0.4, 0.5) is 5.13 Å². The van der Waals surface area contributed by atoms with Gasteiger partial charge in [-0.3, -0.25) is 4.79 Å². The lowest BCUT2D eigenvalue weighted by atomic mass is 9.93. The predicted octanol–water partition coefficient (Wildman–Crippen LogP) is 1.95. The third-order valence-corrected chi connectivity index (χ3v) is 5.77. The fraction of sp³-hybridized carbons (Fsp3) is 0.750. The second-order valence-corrected chi connectivity index (χ2v) is 7.91. The fourth-order valence-electron chi connectivity index (χ4n) is 3.05. The van der Waals surface area contributed by atoms with E-state index in [0.29, 0.717) is 23.8 Å². The Kier molecular flexibility index (Phi) is 4.68. The Morgan fingerprint density at radius 2 is 2.23 bits per heavy atom. The molecule has 1 aromatic heterocycles. The van der Waals surface area contributed by atoms with E-state index in [1.54, 1.807) is 11.3 Å². The molecule has 1 amide bonds. The zero-order valence-corrected chi connectivity index (χ0v) is 14.5. The molecule has 2 atom stereocenters. The summed E-state index contributed by atoms with van der Waals surface area (Å²) in [4.78, 5) is 22.0. The maximum absolute atomic E-state index is 12.2. The number of piperidine rings is 1. The van der Waals surface area contributed by atoms with E-state index in [-0.39, 0.29) is 0 Å². The molecule has 2 heterocycles. The van der Waals surface area contributed by atoms with Gasteiger partial charge in [-0.05, 0) is 25.2 Å². The normalized spacial score (nSPS) is 25.3. The van der Waals surface area contributed by atoms with Crippen molar-refractivity contribution in [3.8, 4) is 0 Å². The van der Waals surface area contributed by atoms with E-state index in [2.05, 4.69) is 22.1 Å². The zero-order chi connectivity index (χ0) is 15.7. The Bertz CT molecular complexity index is 526. The largest absolute Gasteiger partial charge is 0.354 e. The van der Waals surface area contributed by atoms with Gasteiger partial charge >= 0.3 is 0 Å². The van der Waals surface area contributed by atoms with Crippen LogP contribution in [0, 0.1) is 11.8 Å². The molecule has 0 aromatic carbocycles. The van der Waals surface area contributed by atoms with Crippen LogP contribution in [-0.4, -0.2) is 49.0 Å². The number of likely N-dealkylation sites (tertiary alicyclic amines) is 1. The van der Waals surface area contributed by atoms with Crippen molar-refractivity contribution in [1.82, 2.24) is 15.2 Å². The van der Waals surface area contributed by atoms with E-state index in [4.69, 9.17) is 0 Å². The van der Waals surface area contributed by atoms with Crippen LogP contribution in [0.3, 0.4) is 0 Å². The number of amides is 1. The molecular weight excluding hydrogens is 296 g/mol. The summed E-state index contributed by atoms with van der Waals surface area (Å²) >= 11 is 1.74. The van der Waals surface area contributed by atoms with E-state index in [0.717, 1.165) is 44.0 Å². The maximum atomic E-state index is 12.2. The van der Waals surface area contributed by atoms with Gasteiger partial charge in [0.1, 0.15) is 0 Å². The SMILES string of the molecule is C[C@H]1CN(C(=O)C2CC2)CC[C@H]1NCc1cnc(N(C)C)s1. The Balaban J connectivity index is 1.48. The molecule has 1 aliphatic heterocycles. The fourth-order valence-corrected chi connectivity index (χ4v) is 3.84. The van der Waals surface area contributed by atoms with Crippen molar-refractivity contribution in [2.75, 3.05) is 32.1 Å². The van der Waals surface area contributed by atoms with Gasteiger partial charge in [0.2, 0.25) is 5.91 Å². The molecule has 1 N–H and O–H groups in total. The standard InChI is InChI=1S/C16H26N4OS/c1-11-10-20(15(21)12-4-5-12)7-6-14(11)17-8-13-9-18-16(22-13)19(2)3/h9,11-12,14,17H,4-8,10H2,1-3H3/t11-,14+/m0/s1. The molecular formula is C16H26N4OS. The lowest BCUT2D eigenvalue weighted by molar-refractivity contribution is -0.134. The van der Waals surface area contributed by atoms with Crippen LogP contribution in [0.15, 0.2) is 6.20 Å². The molecule has 0 bridgehead atoms. The van der Waals surface area contributed by atoms with Crippen molar-refractivity contribution in [3.63, 3.8) is 0 Å². The van der Waals surface area contributed by atoms with E-state index >= 15 is 0 Å². The summed E-state index contributed by atoms with van der Waals surface area (Å²) in [6, 6.07) is 0.494. The molecule has 0 spiro atoms. The first kappa shape index (κ1) is 15.7. The molecule has 1 saturated carbocycles. The summed E-state index contributed by atoms with van der Waals surface area (Å²) in [7, 11) is 4.04. The molecule has 1 aliphatic carbocycles. The molecule has 5 nitrogen and oxygen atoms in total. The average Bonchev–Trinajstić information content (AvgIpc) is 3.23. The third kappa shape index (κ3) is 3.60. The number of carbonyl (C=O) groups is 1. The lowest BCUT2D eigenvalue weighted by Crippen LogP contribution is -2.50. The number of carbonyl (C=O) groups excluding carboxylic acids is 1. The molecule has 122 valence electrons. The smallest absolute Gasteiger partial charge is 0.225 e. The van der Waals surface area contributed by atoms with Crippen molar-refractivity contribution in [2.45, 2.75) is 38.8 Å². The molecule has 1 aromatic rings. The highest BCUT2D eigenvalue weighted by Gasteiger charge is 2.36. The minimum absolute atomic E-state index is 0.346. The van der Waals surface area contributed by atoms with Crippen LogP contribution < -0.4 is 10.2 Å². The van der Waals surface area contributed by atoms with Gasteiger partial charge in [-0.1, -0.05) is 6.92 Å². The highest BCUT2D eigenvalue weighted by atomic mass is 32.1. The third-order valence-electron chi connectivity index (χ3n) is 4.61. The summed E-state index contributed by atoms with van der Waals surface area (Å²) in [6.45, 7) is 4.93. The van der Waals surface area contributed by atoms with Gasteiger partial charge < -0.3 is 15.1 Å². The lowest BCUT2D eigenvalue weighted by Gasteiger charge is -2.37. The number of nitrogens with zero attached hydrogens (tertiary/aromatic N) is 3. The Labute approximate surface area is 136 Å². The summed E-state index contributed by atoms with van der Waals surface area (Å²) in [5, 5.41) is 4.71. The van der Waals surface area contributed by atoms with Gasteiger partial charge in [-0.15, -0.1) is 11.3 Å². The Morgan fingerprint density at radius 3 is 2.82 bits per heavy atom. The minimum Gasteiger partial charge on any atom is -0.354 e. The quantitative estimate of drug-likeness (QED) is 0.900. The van der Waals surface area contributed by atoms with E-state index in [9.17, 15) is 4.79 Å². The topological polar surface area (TPSA) is 48.5 Å². The number of hydrogen-bond donors (Lipinski definition) is 1. The molecule has 2 aliphatic rings. The number of anilines is 1. The number of nitrogens with one attached hydrogen (secondary N) is 1. The first-order valence-corrected chi connectivity index (χ1v) is 9.00. The van der Waals surface area contributed by atoms with Gasteiger partial charge in [0.05, 0.1) is 0 Å². The van der Waals surface area contributed by atoms with Crippen molar-refractivity contribution in [2.24, 2.45) is 11.8 Å². The highest BCUT2D eigenvalue weighted by molar-refractivity contribution is 7.15. The number of aromatic nitrogens is 1. The number of thiazole rings is 1. The van der Waals surface area contributed by atoms with Gasteiger partial charge in [0, 0.05) is 56.8 Å². The molecule has 0 radical (unpaired) electrons. The molecule has 2 fully saturated rings. The average molecular weight is 322 g/mol. The van der Waals surface area contributed by atoms with Gasteiger partial charge in [0.15, 0.2) is 5.13 Å². The van der Waals surface area contributed by atoms with Crippen molar-refractivity contribution in [1.29, 1.82) is 0 Å². The first-order chi connectivity index (χ1) is 10.5. The van der Waals surface area contributed by atoms with Crippen LogP contribution in [0.25, 0.3) is 0 Å². The summed E-state index contributed by atoms with van der Waals surface area (Å²) in [5.74, 6) is 1.25. The molecule has 1 saturated heterocycles. The molecule has 6 heteroatoms. The minimum atomic E-state index is 0.346. The number of rotatable bonds is 5. The van der Waals surface area contributed by atoms with E-state index in [1.165, 1.54) is 4.88 Å². The summed E-state index contributed by atoms with van der Waals surface area (Å²) < 4.78 is 0. The molecule has 0 unspecified atom stereocenters. The first-order valence-electron chi connectivity index (χ1n) is 8.19. The number of hydrogen-bond acceptors (Lipinski definition) is 5. The molecule has 3 rings (SSSR count). The van der Waals surface area contributed by atoms with Gasteiger partial charge in [-0.25, -0.2) is 4.98 Å². The van der Waals surface area contributed by atoms with E-state index < -0.39 is 0 Å². The van der Waals surface area contributed by atoms with Crippen molar-refractivity contribution >= 4 is 22.4 Å². The Hall–Kier alpha value is -1.14. The van der Waals surface area contributed by atoms with Gasteiger partial charge in [0.25, 0.3) is 0 Å². The summed E-state index contributed by atoms with van der Waals surface area (Å²) in [5.41, 5.74) is 0. The van der Waals surface area contributed by atoms with Crippen molar-refractivity contribution in [3.05, 3.63) is 11.1 Å². The molecule has 22 heavy (non-hydrogen) atoms. The van der Waals surface area contributed by atoms with E-state index in [1.807, 2.05) is 25.2 Å². The highest BCUT2D eigenvalue weighted by Crippen LogP contribution is 2.32. The van der Waals surface area contributed by atoms with Crippen LogP contribution in [0.1, 0.15) is 31.1 Å². The second kappa shape index (κ2) is 6.54. The van der Waals surface area contributed by atoms with Crippen LogP contribution >= 0.6 is 11.3 Å². The summed E-state index contributed by atoms with van der Waals surface area (Å²) in [6.07, 6.45) is 5.22. The van der Waals surface area contributed by atoms with Gasteiger partial charge in [-0.2, -0.15) is 0 Å². The maximum Gasteiger partial charge on any atom is 0.225 e. The van der Waals surface area contributed by atoms with Crippen LogP contribution in [0.2, 0.25) is 0 Å². The van der Waals surface area contributed by atoms with Crippen LogP contribution in [-0.2, 0) is 11.3 Å². The predicted molar refractivity (Wildman–Crippen MR) is 90.2 cm³/mol. The zero-order valence-electron chi connectivity index (χ0n) is 13.7. The second-order valence-electron chi connectivity index (χ2n) is 6.82. The van der Waals surface area contributed by atoms with Crippen LogP contribution in [0.5, 0.6) is 0 Å². The monoisotopic (exact) mass is 322 g/mol.